The fourth-order valence-electron chi connectivity index (χ4n) is 3.88. The molecule has 0 radical (unpaired) electrons. The van der Waals surface area contributed by atoms with E-state index < -0.39 is 0 Å². The van der Waals surface area contributed by atoms with E-state index in [0.717, 1.165) is 25.9 Å². The molecule has 2 aliphatic rings. The molecule has 2 fully saturated rings. The second-order valence-corrected chi connectivity index (χ2v) is 6.94. The Morgan fingerprint density at radius 1 is 1.00 bits per heavy atom. The van der Waals surface area contributed by atoms with E-state index in [0.29, 0.717) is 24.0 Å². The smallest absolute Gasteiger partial charge is 0.410 e. The van der Waals surface area contributed by atoms with Crippen LogP contribution in [0.3, 0.4) is 0 Å². The third-order valence-corrected chi connectivity index (χ3v) is 5.22. The van der Waals surface area contributed by atoms with Crippen LogP contribution in [0.4, 0.5) is 17.8 Å². The van der Waals surface area contributed by atoms with Gasteiger partial charge < -0.3 is 26.3 Å². The molecule has 2 heterocycles. The predicted octanol–water partition coefficient (Wildman–Crippen LogP) is 0.590. The summed E-state index contributed by atoms with van der Waals surface area (Å²) in [5.41, 5.74) is 7.85. The monoisotopic (exact) mass is 417 g/mol. The molecule has 25 heavy (non-hydrogen) atoms. The Morgan fingerprint density at radius 3 is 2.44 bits per heavy atom. The van der Waals surface area contributed by atoms with E-state index in [9.17, 15) is 0 Å². The van der Waals surface area contributed by atoms with Gasteiger partial charge in [-0.05, 0) is 38.8 Å². The molecule has 1 saturated heterocycles. The van der Waals surface area contributed by atoms with Crippen LogP contribution in [0.2, 0.25) is 0 Å². The zero-order valence-corrected chi connectivity index (χ0v) is 20.6. The van der Waals surface area contributed by atoms with Gasteiger partial charge in [-0.1, -0.05) is 32.6 Å². The summed E-state index contributed by atoms with van der Waals surface area (Å²) in [6.07, 6.45) is 9.96. The van der Waals surface area contributed by atoms with Crippen molar-refractivity contribution < 1.29 is 58.2 Å². The van der Waals surface area contributed by atoms with Crippen LogP contribution >= 0.6 is 0 Å². The molecule has 0 aromatic carbocycles. The van der Waals surface area contributed by atoms with Crippen molar-refractivity contribution in [3.8, 4) is 0 Å². The third kappa shape index (κ3) is 6.68. The van der Waals surface area contributed by atoms with Crippen molar-refractivity contribution in [1.29, 1.82) is 0 Å². The summed E-state index contributed by atoms with van der Waals surface area (Å²) in [4.78, 5) is 15.3. The topological polar surface area (TPSA) is 89.8 Å². The van der Waals surface area contributed by atoms with E-state index in [1.807, 2.05) is 0 Å². The van der Waals surface area contributed by atoms with Crippen LogP contribution in [0.15, 0.2) is 0 Å². The third-order valence-electron chi connectivity index (χ3n) is 5.22. The first-order valence-electron chi connectivity index (χ1n) is 9.46. The number of anilines is 2. The molecule has 1 saturated carbocycles. The molecular weight excluding hydrogens is 388 g/mol. The molecular formula is C17H30N7Rb. The summed E-state index contributed by atoms with van der Waals surface area (Å²) in [5, 5.41) is 6.74. The molecule has 3 N–H and O–H groups in total. The van der Waals surface area contributed by atoms with E-state index in [4.69, 9.17) is 5.73 Å². The van der Waals surface area contributed by atoms with Gasteiger partial charge in [-0.15, -0.1) is 0 Å². The fourth-order valence-corrected chi connectivity index (χ4v) is 3.88. The second-order valence-electron chi connectivity index (χ2n) is 6.94. The number of aromatic nitrogens is 3. The van der Waals surface area contributed by atoms with E-state index in [1.165, 1.54) is 45.1 Å². The Bertz CT molecular complexity index is 520. The van der Waals surface area contributed by atoms with Gasteiger partial charge in [0.1, 0.15) is 0 Å². The maximum Gasteiger partial charge on any atom is 1.00 e. The number of rotatable bonds is 6. The summed E-state index contributed by atoms with van der Waals surface area (Å²) in [5.74, 6) is 1.10. The minimum absolute atomic E-state index is 0. The summed E-state index contributed by atoms with van der Waals surface area (Å²) >= 11 is 0. The van der Waals surface area contributed by atoms with Gasteiger partial charge in [-0.2, -0.15) is 0 Å². The molecule has 1 aliphatic carbocycles. The quantitative estimate of drug-likeness (QED) is 0.658. The number of nitrogens with zero attached hydrogens (tertiary/aromatic N) is 4. The number of hydrogen-bond acceptors (Lipinski definition) is 6. The molecule has 134 valence electrons. The van der Waals surface area contributed by atoms with Crippen LogP contribution in [-0.2, 0) is 0 Å². The van der Waals surface area contributed by atoms with Crippen molar-refractivity contribution in [1.82, 2.24) is 19.9 Å². The molecule has 1 aliphatic heterocycles. The zero-order valence-electron chi connectivity index (χ0n) is 15.7. The Morgan fingerprint density at radius 2 is 1.72 bits per heavy atom. The van der Waals surface area contributed by atoms with Crippen molar-refractivity contribution in [2.45, 2.75) is 70.4 Å². The standard InChI is InChI=1S/C17H30N7.Rb/c1-2-24-11-7-10-14(24)12-19-16-21-15(18)22-17(23-16)20-13-8-5-3-4-6-9-13;/h13-14H,2-12H2,1H3,(H3-,18,19,20,21,22,23);/q-1;+1. The van der Waals surface area contributed by atoms with Crippen molar-refractivity contribution in [3.63, 3.8) is 0 Å². The maximum absolute atomic E-state index is 7.85. The van der Waals surface area contributed by atoms with Crippen LogP contribution < -0.4 is 68.8 Å². The van der Waals surface area contributed by atoms with Gasteiger partial charge in [0.05, 0.1) is 0 Å². The molecule has 0 spiro atoms. The van der Waals surface area contributed by atoms with Crippen LogP contribution in [0.25, 0.3) is 5.73 Å². The zero-order chi connectivity index (χ0) is 16.8. The minimum Gasteiger partial charge on any atom is -0.410 e. The van der Waals surface area contributed by atoms with Gasteiger partial charge >= 0.3 is 58.2 Å². The van der Waals surface area contributed by atoms with Crippen LogP contribution in [0.5, 0.6) is 0 Å². The van der Waals surface area contributed by atoms with E-state index >= 15 is 0 Å². The molecule has 7 nitrogen and oxygen atoms in total. The summed E-state index contributed by atoms with van der Waals surface area (Å²) in [6.45, 7) is 5.30. The molecule has 3 rings (SSSR count). The normalized spacial score (nSPS) is 22.2. The van der Waals surface area contributed by atoms with Gasteiger partial charge in [0, 0.05) is 24.6 Å². The largest absolute Gasteiger partial charge is 1.00 e. The molecule has 1 atom stereocenters. The van der Waals surface area contributed by atoms with Crippen molar-refractivity contribution >= 4 is 17.8 Å². The average molecular weight is 418 g/mol. The summed E-state index contributed by atoms with van der Waals surface area (Å²) in [7, 11) is 0. The number of likely N-dealkylation sites (N-methyl/N-ethyl adjacent to an activating group) is 1. The second kappa shape index (κ2) is 11.1. The van der Waals surface area contributed by atoms with E-state index in [2.05, 4.69) is 37.4 Å². The number of nitrogens with one attached hydrogen (secondary N) is 3. The maximum atomic E-state index is 7.85. The van der Waals surface area contributed by atoms with Gasteiger partial charge in [0.25, 0.3) is 0 Å². The predicted molar refractivity (Wildman–Crippen MR) is 97.7 cm³/mol. The number of hydrogen-bond donors (Lipinski definition) is 2. The van der Waals surface area contributed by atoms with Crippen LogP contribution in [0, 0.1) is 0 Å². The molecule has 0 amide bonds. The SMILES string of the molecule is CCN1CCCC1CNc1nc([NH-])nc(NC2CCCCCC2)n1.[Rb+]. The Kier molecular flexibility index (Phi) is 9.55. The van der Waals surface area contributed by atoms with Crippen LogP contribution in [0.1, 0.15) is 58.3 Å². The van der Waals surface area contributed by atoms with Gasteiger partial charge in [-0.25, -0.2) is 4.98 Å². The minimum atomic E-state index is 0. The summed E-state index contributed by atoms with van der Waals surface area (Å²) in [6, 6.07) is 0.965. The van der Waals surface area contributed by atoms with Gasteiger partial charge in [0.2, 0.25) is 0 Å². The van der Waals surface area contributed by atoms with Crippen LogP contribution in [-0.4, -0.2) is 51.6 Å². The number of likely N-dealkylation sites (tertiary alicyclic amines) is 1. The van der Waals surface area contributed by atoms with Gasteiger partial charge in [-0.3, -0.25) is 4.90 Å². The van der Waals surface area contributed by atoms with Crippen molar-refractivity contribution in [3.05, 3.63) is 5.73 Å². The Hall–Kier alpha value is 0.175. The fraction of sp³-hybridized carbons (Fsp3) is 0.824. The first-order valence-corrected chi connectivity index (χ1v) is 9.46. The molecule has 8 heteroatoms. The average Bonchev–Trinajstić information content (AvgIpc) is 2.88. The van der Waals surface area contributed by atoms with E-state index in [1.54, 1.807) is 0 Å². The van der Waals surface area contributed by atoms with Crippen molar-refractivity contribution in [2.75, 3.05) is 30.3 Å². The first-order chi connectivity index (χ1) is 11.7. The molecule has 1 aromatic heterocycles. The molecule has 1 aromatic rings. The Balaban J connectivity index is 0.00000225. The Labute approximate surface area is 200 Å². The molecule has 1 unspecified atom stereocenters. The summed E-state index contributed by atoms with van der Waals surface area (Å²) < 4.78 is 0. The van der Waals surface area contributed by atoms with Crippen molar-refractivity contribution in [2.24, 2.45) is 0 Å². The van der Waals surface area contributed by atoms with Gasteiger partial charge in [0.15, 0.2) is 11.9 Å². The first kappa shape index (κ1) is 21.5. The molecule has 0 bridgehead atoms. The van der Waals surface area contributed by atoms with E-state index in [-0.39, 0.29) is 64.1 Å².